The van der Waals surface area contributed by atoms with Crippen LogP contribution in [0.2, 0.25) is 0 Å². The highest BCUT2D eigenvalue weighted by Crippen LogP contribution is 2.30. The van der Waals surface area contributed by atoms with Gasteiger partial charge < -0.3 is 10.3 Å². The molecule has 3 rings (SSSR count). The van der Waals surface area contributed by atoms with Crippen LogP contribution in [0.15, 0.2) is 10.9 Å². The summed E-state index contributed by atoms with van der Waals surface area (Å²) in [4.78, 5) is 14.9. The average Bonchev–Trinajstić information content (AvgIpc) is 2.65. The molecule has 2 aliphatic heterocycles. The number of aromatic nitrogens is 1. The number of thioether (sulfide) groups is 1. The van der Waals surface area contributed by atoms with Crippen molar-refractivity contribution in [1.82, 2.24) is 10.3 Å². The van der Waals surface area contributed by atoms with Crippen LogP contribution in [0.4, 0.5) is 0 Å². The van der Waals surface area contributed by atoms with E-state index in [4.69, 9.17) is 2.74 Å². The van der Waals surface area contributed by atoms with E-state index in [1.165, 1.54) is 11.8 Å². The van der Waals surface area contributed by atoms with Crippen LogP contribution >= 0.6 is 24.2 Å². The molecule has 94 valence electrons. The third-order valence-corrected chi connectivity index (χ3v) is 4.14. The van der Waals surface area contributed by atoms with Gasteiger partial charge in [0.05, 0.1) is 0 Å². The van der Waals surface area contributed by atoms with Gasteiger partial charge in [-0.1, -0.05) is 0 Å². The Bertz CT molecular complexity index is 529. The van der Waals surface area contributed by atoms with E-state index in [1.807, 2.05) is 6.07 Å². The summed E-state index contributed by atoms with van der Waals surface area (Å²) < 4.78 is 15.7. The van der Waals surface area contributed by atoms with E-state index >= 15 is 0 Å². The summed E-state index contributed by atoms with van der Waals surface area (Å²) in [5.74, 6) is 0.966. The number of fused-ring (bicyclic) bond motifs is 1. The number of hydrogen-bond acceptors (Lipinski definition) is 3. The lowest BCUT2D eigenvalue weighted by molar-refractivity contribution is 0.457. The average molecular weight is 275 g/mol. The van der Waals surface area contributed by atoms with Gasteiger partial charge in [0.15, 0.2) is 0 Å². The van der Waals surface area contributed by atoms with Gasteiger partial charge in [-0.15, -0.1) is 12.4 Å². The monoisotopic (exact) mass is 274 g/mol. The second kappa shape index (κ2) is 5.46. The minimum Gasteiger partial charge on any atom is -0.325 e. The molecule has 3 nitrogen and oxygen atoms in total. The van der Waals surface area contributed by atoms with E-state index in [-0.39, 0.29) is 18.0 Å². The van der Waals surface area contributed by atoms with Crippen LogP contribution < -0.4 is 10.9 Å². The summed E-state index contributed by atoms with van der Waals surface area (Å²) in [6, 6.07) is 1.93. The van der Waals surface area contributed by atoms with Gasteiger partial charge in [-0.25, -0.2) is 0 Å². The number of nitrogens with one attached hydrogen (secondary N) is 2. The minimum absolute atomic E-state index is 0. The number of piperidine rings is 1. The highest BCUT2D eigenvalue weighted by Gasteiger charge is 2.21. The molecule has 0 aromatic carbocycles. The zero-order chi connectivity index (χ0) is 12.8. The predicted octanol–water partition coefficient (Wildman–Crippen LogP) is 2.01. The van der Waals surface area contributed by atoms with Gasteiger partial charge in [-0.2, -0.15) is 11.8 Å². The fourth-order valence-corrected chi connectivity index (χ4v) is 3.20. The van der Waals surface area contributed by atoms with Crippen molar-refractivity contribution in [2.24, 2.45) is 0 Å². The maximum Gasteiger partial charge on any atom is 0.251 e. The Kier molecular flexibility index (Phi) is 3.36. The van der Waals surface area contributed by atoms with Crippen LogP contribution in [0.5, 0.6) is 0 Å². The maximum atomic E-state index is 12.1. The van der Waals surface area contributed by atoms with Gasteiger partial charge in [0.25, 0.3) is 5.56 Å². The summed E-state index contributed by atoms with van der Waals surface area (Å²) >= 11 is 1.24. The zero-order valence-electron chi connectivity index (χ0n) is 11.4. The van der Waals surface area contributed by atoms with Crippen molar-refractivity contribution in [2.75, 3.05) is 13.1 Å². The van der Waals surface area contributed by atoms with Gasteiger partial charge in [0, 0.05) is 25.5 Å². The normalized spacial score (nSPS) is 24.5. The molecule has 0 amide bonds. The van der Waals surface area contributed by atoms with Gasteiger partial charge >= 0.3 is 0 Å². The van der Waals surface area contributed by atoms with Crippen molar-refractivity contribution >= 4 is 24.2 Å². The molecule has 1 fully saturated rings. The van der Waals surface area contributed by atoms with E-state index in [9.17, 15) is 4.79 Å². The van der Waals surface area contributed by atoms with Crippen molar-refractivity contribution < 1.29 is 2.74 Å². The molecule has 3 heterocycles. The molecule has 1 aromatic heterocycles. The minimum atomic E-state index is -1.44. The molecule has 0 saturated carbocycles. The number of rotatable bonds is 1. The topological polar surface area (TPSA) is 44.9 Å². The maximum absolute atomic E-state index is 12.1. The number of hydrogen-bond donors (Lipinski definition) is 2. The molecule has 2 aliphatic rings. The molecular formula is C12H17ClN2OS. The lowest BCUT2D eigenvalue weighted by Gasteiger charge is -2.22. The first-order valence-corrected chi connectivity index (χ1v) is 6.68. The molecule has 17 heavy (non-hydrogen) atoms. The van der Waals surface area contributed by atoms with Crippen LogP contribution in [0, 0.1) is 0 Å². The van der Waals surface area contributed by atoms with E-state index in [2.05, 4.69) is 10.3 Å². The molecule has 2 N–H and O–H groups in total. The van der Waals surface area contributed by atoms with Crippen molar-refractivity contribution in [1.29, 1.82) is 0 Å². The Morgan fingerprint density at radius 2 is 2.18 bits per heavy atom. The Morgan fingerprint density at radius 1 is 1.41 bits per heavy atom. The molecule has 1 saturated heterocycles. The number of halogens is 1. The quantitative estimate of drug-likeness (QED) is 0.823. The first-order chi connectivity index (χ1) is 8.58. The second-order valence-corrected chi connectivity index (χ2v) is 5.15. The lowest BCUT2D eigenvalue weighted by Crippen LogP contribution is -2.30. The van der Waals surface area contributed by atoms with Gasteiger partial charge in [-0.3, -0.25) is 4.79 Å². The molecule has 0 spiro atoms. The third kappa shape index (κ3) is 2.54. The lowest BCUT2D eigenvalue weighted by atomic mass is 9.90. The van der Waals surface area contributed by atoms with Gasteiger partial charge in [-0.05, 0) is 43.5 Å². The molecule has 0 bridgehead atoms. The van der Waals surface area contributed by atoms with E-state index in [0.717, 1.165) is 37.1 Å². The Balaban J connectivity index is 0.00000133. The highest BCUT2D eigenvalue weighted by molar-refractivity contribution is 7.98. The summed E-state index contributed by atoms with van der Waals surface area (Å²) in [7, 11) is 0. The third-order valence-electron chi connectivity index (χ3n) is 3.33. The smallest absolute Gasteiger partial charge is 0.251 e. The van der Waals surface area contributed by atoms with Crippen LogP contribution in [0.3, 0.4) is 0 Å². The number of pyridine rings is 1. The van der Waals surface area contributed by atoms with Crippen LogP contribution in [0.1, 0.15) is 38.3 Å². The van der Waals surface area contributed by atoms with Crippen molar-refractivity contribution in [3.8, 4) is 0 Å². The molecule has 0 unspecified atom stereocenters. The number of aromatic amines is 1. The first kappa shape index (κ1) is 10.5. The van der Waals surface area contributed by atoms with Crippen LogP contribution in [0.25, 0.3) is 0 Å². The molecule has 1 aromatic rings. The van der Waals surface area contributed by atoms with Crippen LogP contribution in [-0.2, 0) is 11.5 Å². The van der Waals surface area contributed by atoms with Gasteiger partial charge in [0.2, 0.25) is 0 Å². The Morgan fingerprint density at radius 3 is 2.94 bits per heavy atom. The Labute approximate surface area is 114 Å². The molecule has 0 radical (unpaired) electrons. The summed E-state index contributed by atoms with van der Waals surface area (Å²) in [6.45, 7) is 1.91. The fraction of sp³-hybridized carbons (Fsp3) is 0.583. The fourth-order valence-electron chi connectivity index (χ4n) is 2.42. The summed E-state index contributed by atoms with van der Waals surface area (Å²) in [6.07, 6.45) is 1.98. The highest BCUT2D eigenvalue weighted by atomic mass is 35.5. The first-order valence-electron chi connectivity index (χ1n) is 6.69. The second-order valence-electron chi connectivity index (χ2n) is 4.37. The molecular weight excluding hydrogens is 256 g/mol. The molecule has 0 aliphatic carbocycles. The van der Waals surface area contributed by atoms with Crippen molar-refractivity contribution in [2.45, 2.75) is 30.2 Å². The number of H-pyrrole nitrogens is 1. The van der Waals surface area contributed by atoms with Crippen molar-refractivity contribution in [3.63, 3.8) is 0 Å². The molecule has 0 atom stereocenters. The van der Waals surface area contributed by atoms with Gasteiger partial charge in [0.1, 0.15) is 0 Å². The Hall–Kier alpha value is -0.450. The standard InChI is InChI=1S/C12H16N2OS.ClH/c15-12-10(8-1-3-13-4-2-8)5-9-6-16-7-11(9)14-12;/h5,8,13H,1-4,6-7H2,(H,14,15);1H/i7D2;. The SMILES string of the molecule is Cl.[2H]C1([2H])SCc2cc(C3CCNCC3)c(=O)[nH]c21. The van der Waals surface area contributed by atoms with E-state index in [1.54, 1.807) is 0 Å². The largest absolute Gasteiger partial charge is 0.325 e. The van der Waals surface area contributed by atoms with E-state index < -0.39 is 5.70 Å². The van der Waals surface area contributed by atoms with Crippen LogP contribution in [-0.4, -0.2) is 18.1 Å². The molecule has 5 heteroatoms. The summed E-state index contributed by atoms with van der Waals surface area (Å²) in [5.41, 5.74) is 0.718. The summed E-state index contributed by atoms with van der Waals surface area (Å²) in [5, 5.41) is 3.29. The van der Waals surface area contributed by atoms with Crippen molar-refractivity contribution in [3.05, 3.63) is 33.2 Å². The zero-order valence-corrected chi connectivity index (χ0v) is 11.0. The van der Waals surface area contributed by atoms with E-state index in [0.29, 0.717) is 17.4 Å². The predicted molar refractivity (Wildman–Crippen MR) is 74.2 cm³/mol.